The molecule has 0 N–H and O–H groups in total. The Balaban J connectivity index is 2.00. The van der Waals surface area contributed by atoms with Crippen molar-refractivity contribution in [2.24, 2.45) is 0 Å². The molecule has 0 saturated heterocycles. The number of hydrogen-bond acceptors (Lipinski definition) is 6. The lowest BCUT2D eigenvalue weighted by Gasteiger charge is -2.31. The Morgan fingerprint density at radius 3 is 2.13 bits per heavy atom. The molecule has 0 aromatic heterocycles. The van der Waals surface area contributed by atoms with Crippen LogP contribution in [0.1, 0.15) is 41.0 Å². The lowest BCUT2D eigenvalue weighted by Crippen LogP contribution is -2.19. The fraction of sp³-hybridized carbons (Fsp3) is 0.440. The van der Waals surface area contributed by atoms with E-state index >= 15 is 0 Å². The molecule has 0 unspecified atom stereocenters. The van der Waals surface area contributed by atoms with Crippen LogP contribution in [0, 0.1) is 6.92 Å². The molecular weight excluding hydrogens is 396 g/mol. The second-order valence-corrected chi connectivity index (χ2v) is 7.53. The lowest BCUT2D eigenvalue weighted by atomic mass is 9.80. The smallest absolute Gasteiger partial charge is 0.188 e. The van der Waals surface area contributed by atoms with Gasteiger partial charge in [-0.05, 0) is 12.5 Å². The van der Waals surface area contributed by atoms with E-state index in [-0.39, 0.29) is 25.4 Å². The third-order valence-electron chi connectivity index (χ3n) is 5.38. The van der Waals surface area contributed by atoms with Crippen molar-refractivity contribution in [3.05, 3.63) is 64.7 Å². The molecule has 0 heterocycles. The van der Waals surface area contributed by atoms with Crippen molar-refractivity contribution < 1.29 is 28.4 Å². The summed E-state index contributed by atoms with van der Waals surface area (Å²) in [4.78, 5) is 0. The van der Waals surface area contributed by atoms with E-state index in [1.54, 1.807) is 21.3 Å². The summed E-state index contributed by atoms with van der Waals surface area (Å²) in [5.74, 6) is 2.21. The molecule has 0 spiro atoms. The largest absolute Gasteiger partial charge is 0.492 e. The van der Waals surface area contributed by atoms with E-state index in [0.29, 0.717) is 24.7 Å². The van der Waals surface area contributed by atoms with Gasteiger partial charge in [0.25, 0.3) is 0 Å². The summed E-state index contributed by atoms with van der Waals surface area (Å²) < 4.78 is 34.2. The molecule has 6 heteroatoms. The van der Waals surface area contributed by atoms with Crippen molar-refractivity contribution in [2.45, 2.75) is 32.3 Å². The summed E-state index contributed by atoms with van der Waals surface area (Å²) in [6.07, 6.45) is 4.36. The van der Waals surface area contributed by atoms with Gasteiger partial charge in [0, 0.05) is 42.7 Å². The number of ether oxygens (including phenoxy) is 6. The molecular formula is C25H32O6. The van der Waals surface area contributed by atoms with Crippen LogP contribution in [0.2, 0.25) is 0 Å². The summed E-state index contributed by atoms with van der Waals surface area (Å²) in [6.45, 7) is 5.44. The van der Waals surface area contributed by atoms with Crippen molar-refractivity contribution >= 4 is 0 Å². The highest BCUT2D eigenvalue weighted by atomic mass is 16.7. The van der Waals surface area contributed by atoms with E-state index in [4.69, 9.17) is 28.4 Å². The summed E-state index contributed by atoms with van der Waals surface area (Å²) in [7, 11) is 4.85. The normalized spacial score (nSPS) is 17.3. The molecule has 2 aromatic rings. The third kappa shape index (κ3) is 5.21. The number of allylic oxidation sites excluding steroid dienone is 1. The maximum absolute atomic E-state index is 6.09. The number of hydrogen-bond donors (Lipinski definition) is 0. The highest BCUT2D eigenvalue weighted by Crippen LogP contribution is 2.51. The van der Waals surface area contributed by atoms with Crippen molar-refractivity contribution in [3.8, 4) is 17.2 Å². The first kappa shape index (κ1) is 23.1. The van der Waals surface area contributed by atoms with Crippen molar-refractivity contribution in [1.29, 1.82) is 0 Å². The zero-order chi connectivity index (χ0) is 22.2. The van der Waals surface area contributed by atoms with E-state index < -0.39 is 0 Å². The molecule has 0 bridgehead atoms. The van der Waals surface area contributed by atoms with E-state index in [9.17, 15) is 0 Å². The predicted octanol–water partition coefficient (Wildman–Crippen LogP) is 4.94. The second-order valence-electron chi connectivity index (χ2n) is 7.53. The molecule has 0 amide bonds. The average Bonchev–Trinajstić information content (AvgIpc) is 2.79. The van der Waals surface area contributed by atoms with Crippen LogP contribution in [0.5, 0.6) is 17.2 Å². The first-order chi connectivity index (χ1) is 15.1. The second kappa shape index (κ2) is 11.2. The molecule has 2 atom stereocenters. The van der Waals surface area contributed by atoms with E-state index in [0.717, 1.165) is 28.0 Å². The minimum atomic E-state index is 0.0104. The monoisotopic (exact) mass is 428 g/mol. The van der Waals surface area contributed by atoms with Crippen LogP contribution in [-0.2, 0) is 20.8 Å². The minimum absolute atomic E-state index is 0.0104. The highest BCUT2D eigenvalue weighted by Gasteiger charge is 2.33. The topological polar surface area (TPSA) is 55.4 Å². The predicted molar refractivity (Wildman–Crippen MR) is 119 cm³/mol. The lowest BCUT2D eigenvalue weighted by molar-refractivity contribution is 0.0440. The van der Waals surface area contributed by atoms with Crippen LogP contribution in [0.3, 0.4) is 0 Å². The Bertz CT molecular complexity index is 878. The summed E-state index contributed by atoms with van der Waals surface area (Å²) in [5.41, 5.74) is 4.08. The van der Waals surface area contributed by atoms with Gasteiger partial charge < -0.3 is 28.4 Å². The summed E-state index contributed by atoms with van der Waals surface area (Å²) >= 11 is 0. The van der Waals surface area contributed by atoms with Gasteiger partial charge in [0.1, 0.15) is 5.75 Å². The van der Waals surface area contributed by atoms with Gasteiger partial charge >= 0.3 is 0 Å². The number of fused-ring (bicyclic) bond motifs is 1. The molecule has 6 nitrogen and oxygen atoms in total. The molecule has 3 rings (SSSR count). The molecule has 0 fully saturated rings. The number of methoxy groups -OCH3 is 3. The Morgan fingerprint density at radius 2 is 1.48 bits per heavy atom. The van der Waals surface area contributed by atoms with Crippen molar-refractivity contribution in [2.75, 3.05) is 41.5 Å². The maximum atomic E-state index is 6.09. The SMILES string of the molecule is COCOc1c(OC)c(C)c(OCOC)c2c1[C@@H](C)C=C[C@H]2COCc1ccccc1. The molecule has 1 aliphatic carbocycles. The van der Waals surface area contributed by atoms with Crippen LogP contribution in [-0.4, -0.2) is 41.5 Å². The average molecular weight is 429 g/mol. The summed E-state index contributed by atoms with van der Waals surface area (Å²) in [6, 6.07) is 10.2. The van der Waals surface area contributed by atoms with Crippen LogP contribution in [0.25, 0.3) is 0 Å². The molecule has 1 aliphatic rings. The van der Waals surface area contributed by atoms with Crippen molar-refractivity contribution in [3.63, 3.8) is 0 Å². The van der Waals surface area contributed by atoms with Crippen molar-refractivity contribution in [1.82, 2.24) is 0 Å². The quantitative estimate of drug-likeness (QED) is 0.373. The minimum Gasteiger partial charge on any atom is -0.492 e. The van der Waals surface area contributed by atoms with Gasteiger partial charge in [-0.15, -0.1) is 0 Å². The highest BCUT2D eigenvalue weighted by molar-refractivity contribution is 5.67. The molecule has 0 radical (unpaired) electrons. The third-order valence-corrected chi connectivity index (χ3v) is 5.38. The van der Waals surface area contributed by atoms with E-state index in [1.807, 2.05) is 25.1 Å². The van der Waals surface area contributed by atoms with Gasteiger partial charge in [-0.1, -0.05) is 49.4 Å². The van der Waals surface area contributed by atoms with Gasteiger partial charge in [0.2, 0.25) is 0 Å². The van der Waals surface area contributed by atoms with Gasteiger partial charge in [0.15, 0.2) is 25.1 Å². The Morgan fingerprint density at radius 1 is 0.806 bits per heavy atom. The maximum Gasteiger partial charge on any atom is 0.188 e. The Kier molecular flexibility index (Phi) is 8.35. The summed E-state index contributed by atoms with van der Waals surface area (Å²) in [5, 5.41) is 0. The van der Waals surface area contributed by atoms with Crippen LogP contribution < -0.4 is 14.2 Å². The first-order valence-corrected chi connectivity index (χ1v) is 10.4. The fourth-order valence-corrected chi connectivity index (χ4v) is 3.98. The van der Waals surface area contributed by atoms with Crippen LogP contribution >= 0.6 is 0 Å². The Labute approximate surface area is 184 Å². The molecule has 168 valence electrons. The first-order valence-electron chi connectivity index (χ1n) is 10.4. The van der Waals surface area contributed by atoms with E-state index in [1.165, 1.54) is 0 Å². The number of benzene rings is 2. The van der Waals surface area contributed by atoms with Gasteiger partial charge in [-0.3, -0.25) is 0 Å². The zero-order valence-corrected chi connectivity index (χ0v) is 19.0. The fourth-order valence-electron chi connectivity index (χ4n) is 3.98. The molecule has 31 heavy (non-hydrogen) atoms. The molecule has 0 saturated carbocycles. The molecule has 0 aliphatic heterocycles. The number of rotatable bonds is 11. The zero-order valence-electron chi connectivity index (χ0n) is 19.0. The standard InChI is InChI=1S/C25H32O6/c1-17-11-12-20(14-29-13-19-9-7-6-8-10-19)22-21(17)25(31-16-27-4)24(28-5)18(2)23(22)30-15-26-3/h6-12,17,20H,13-16H2,1-5H3/t17-,20-/m0/s1. The van der Waals surface area contributed by atoms with Gasteiger partial charge in [0.05, 0.1) is 20.3 Å². The van der Waals surface area contributed by atoms with Gasteiger partial charge in [-0.2, -0.15) is 0 Å². The molecule has 2 aromatic carbocycles. The van der Waals surface area contributed by atoms with Gasteiger partial charge in [-0.25, -0.2) is 0 Å². The van der Waals surface area contributed by atoms with E-state index in [2.05, 4.69) is 31.2 Å². The Hall–Kier alpha value is -2.54. The van der Waals surface area contributed by atoms with Crippen LogP contribution in [0.4, 0.5) is 0 Å². The van der Waals surface area contributed by atoms with Crippen LogP contribution in [0.15, 0.2) is 42.5 Å².